The summed E-state index contributed by atoms with van der Waals surface area (Å²) in [6.45, 7) is 1.50. The van der Waals surface area contributed by atoms with Gasteiger partial charge in [0, 0.05) is 13.0 Å². The number of aryl methyl sites for hydroxylation is 1. The third-order valence-electron chi connectivity index (χ3n) is 3.49. The van der Waals surface area contributed by atoms with Gasteiger partial charge in [0.05, 0.1) is 4.90 Å². The van der Waals surface area contributed by atoms with Crippen LogP contribution in [0.15, 0.2) is 59.5 Å². The molecule has 27 heavy (non-hydrogen) atoms. The first-order valence-corrected chi connectivity index (χ1v) is 9.67. The number of carbonyl (C=O) groups excluding carboxylic acids is 2. The van der Waals surface area contributed by atoms with Gasteiger partial charge in [-0.05, 0) is 30.7 Å². The van der Waals surface area contributed by atoms with Crippen molar-refractivity contribution in [3.05, 3.63) is 60.2 Å². The number of hydrazine groups is 1. The molecule has 0 radical (unpaired) electrons. The zero-order valence-electron chi connectivity index (χ0n) is 14.8. The number of rotatable bonds is 8. The Morgan fingerprint density at radius 1 is 0.926 bits per heavy atom. The molecule has 0 aliphatic heterocycles. The average molecular weight is 391 g/mol. The van der Waals surface area contributed by atoms with E-state index in [1.807, 2.05) is 19.1 Å². The second kappa shape index (κ2) is 9.70. The third-order valence-corrected chi connectivity index (χ3v) is 4.97. The maximum atomic E-state index is 12.0. The summed E-state index contributed by atoms with van der Waals surface area (Å²) >= 11 is 0. The summed E-state index contributed by atoms with van der Waals surface area (Å²) in [4.78, 5) is 23.5. The molecule has 2 aromatic carbocycles. The van der Waals surface area contributed by atoms with Gasteiger partial charge >= 0.3 is 0 Å². The molecular weight excluding hydrogens is 370 g/mol. The molecule has 0 unspecified atom stereocenters. The van der Waals surface area contributed by atoms with Crippen LogP contribution in [0.5, 0.6) is 5.75 Å². The number of para-hydroxylation sites is 1. The maximum absolute atomic E-state index is 12.0. The molecule has 2 rings (SSSR count). The molecule has 0 saturated carbocycles. The Morgan fingerprint density at radius 2 is 1.56 bits per heavy atom. The van der Waals surface area contributed by atoms with Crippen molar-refractivity contribution in [2.45, 2.75) is 18.2 Å². The van der Waals surface area contributed by atoms with E-state index in [1.165, 1.54) is 12.1 Å². The first-order chi connectivity index (χ1) is 12.9. The number of hydrogen-bond donors (Lipinski definition) is 3. The lowest BCUT2D eigenvalue weighted by Gasteiger charge is -2.10. The minimum Gasteiger partial charge on any atom is -0.483 e. The van der Waals surface area contributed by atoms with Gasteiger partial charge in [0.1, 0.15) is 5.75 Å². The molecule has 3 N–H and O–H groups in total. The maximum Gasteiger partial charge on any atom is 0.276 e. The Balaban J connectivity index is 1.67. The van der Waals surface area contributed by atoms with Crippen LogP contribution >= 0.6 is 0 Å². The van der Waals surface area contributed by atoms with Gasteiger partial charge in [-0.3, -0.25) is 20.4 Å². The smallest absolute Gasteiger partial charge is 0.276 e. The van der Waals surface area contributed by atoms with Crippen molar-refractivity contribution in [2.24, 2.45) is 0 Å². The fourth-order valence-corrected chi connectivity index (χ4v) is 3.13. The van der Waals surface area contributed by atoms with Gasteiger partial charge in [-0.2, -0.15) is 0 Å². The number of carbonyl (C=O) groups is 2. The van der Waals surface area contributed by atoms with E-state index in [0.717, 1.165) is 5.56 Å². The fourth-order valence-electron chi connectivity index (χ4n) is 2.08. The van der Waals surface area contributed by atoms with Gasteiger partial charge < -0.3 is 4.74 Å². The molecule has 0 heterocycles. The second-order valence-electron chi connectivity index (χ2n) is 5.61. The molecular formula is C18H21N3O5S. The molecule has 0 bridgehead atoms. The van der Waals surface area contributed by atoms with E-state index in [2.05, 4.69) is 15.6 Å². The van der Waals surface area contributed by atoms with Crippen molar-refractivity contribution in [1.29, 1.82) is 0 Å². The fraction of sp³-hybridized carbons (Fsp3) is 0.222. The van der Waals surface area contributed by atoms with Crippen LogP contribution < -0.4 is 20.3 Å². The van der Waals surface area contributed by atoms with Crippen molar-refractivity contribution in [3.8, 4) is 5.75 Å². The lowest BCUT2D eigenvalue weighted by Crippen LogP contribution is -2.44. The largest absolute Gasteiger partial charge is 0.483 e. The van der Waals surface area contributed by atoms with Crippen LogP contribution in [0.4, 0.5) is 0 Å². The zero-order valence-corrected chi connectivity index (χ0v) is 15.6. The van der Waals surface area contributed by atoms with Crippen LogP contribution in [-0.2, 0) is 19.6 Å². The summed E-state index contributed by atoms with van der Waals surface area (Å²) in [5.41, 5.74) is 5.31. The van der Waals surface area contributed by atoms with Gasteiger partial charge in [0.25, 0.3) is 5.91 Å². The van der Waals surface area contributed by atoms with Gasteiger partial charge in [-0.1, -0.05) is 36.4 Å². The number of hydrogen-bond acceptors (Lipinski definition) is 5. The zero-order chi connectivity index (χ0) is 19.7. The molecule has 0 spiro atoms. The van der Waals surface area contributed by atoms with Crippen molar-refractivity contribution >= 4 is 21.8 Å². The minimum atomic E-state index is -3.67. The summed E-state index contributed by atoms with van der Waals surface area (Å²) in [5.74, 6) is -0.485. The third kappa shape index (κ3) is 6.72. The number of amides is 2. The van der Waals surface area contributed by atoms with E-state index < -0.39 is 21.8 Å². The summed E-state index contributed by atoms with van der Waals surface area (Å²) in [6.07, 6.45) is -0.134. The molecule has 0 aliphatic rings. The topological polar surface area (TPSA) is 114 Å². The molecule has 2 amide bonds. The molecule has 0 aliphatic carbocycles. The van der Waals surface area contributed by atoms with E-state index >= 15 is 0 Å². The SMILES string of the molecule is Cc1ccccc1OCC(=O)NNC(=O)CCNS(=O)(=O)c1ccccc1. The molecule has 144 valence electrons. The Labute approximate surface area is 157 Å². The number of ether oxygens (including phenoxy) is 1. The van der Waals surface area contributed by atoms with E-state index in [0.29, 0.717) is 5.75 Å². The van der Waals surface area contributed by atoms with Gasteiger partial charge in [0.15, 0.2) is 6.61 Å². The number of nitrogens with one attached hydrogen (secondary N) is 3. The average Bonchev–Trinajstić information content (AvgIpc) is 2.66. The number of benzene rings is 2. The Hall–Kier alpha value is -2.91. The highest BCUT2D eigenvalue weighted by molar-refractivity contribution is 7.89. The Kier molecular flexibility index (Phi) is 7.33. The van der Waals surface area contributed by atoms with Gasteiger partial charge in [-0.25, -0.2) is 13.1 Å². The first-order valence-electron chi connectivity index (χ1n) is 8.19. The first kappa shape index (κ1) is 20.4. The standard InChI is InChI=1S/C18H21N3O5S/c1-14-7-5-6-10-16(14)26-13-18(23)21-20-17(22)11-12-19-27(24,25)15-8-3-2-4-9-15/h2-10,19H,11-13H2,1H3,(H,20,22)(H,21,23). The molecule has 9 heteroatoms. The Bertz CT molecular complexity index is 885. The van der Waals surface area contributed by atoms with Crippen molar-refractivity contribution in [3.63, 3.8) is 0 Å². The van der Waals surface area contributed by atoms with Crippen molar-refractivity contribution in [2.75, 3.05) is 13.2 Å². The molecule has 8 nitrogen and oxygen atoms in total. The molecule has 0 fully saturated rings. The van der Waals surface area contributed by atoms with Gasteiger partial charge in [-0.15, -0.1) is 0 Å². The highest BCUT2D eigenvalue weighted by Crippen LogP contribution is 2.15. The molecule has 0 aromatic heterocycles. The highest BCUT2D eigenvalue weighted by Gasteiger charge is 2.13. The minimum absolute atomic E-state index is 0.0986. The normalized spacial score (nSPS) is 10.9. The van der Waals surface area contributed by atoms with Crippen molar-refractivity contribution in [1.82, 2.24) is 15.6 Å². The molecule has 0 atom stereocenters. The van der Waals surface area contributed by atoms with Crippen LogP contribution in [0.2, 0.25) is 0 Å². The lowest BCUT2D eigenvalue weighted by atomic mass is 10.2. The van der Waals surface area contributed by atoms with Crippen LogP contribution in [0, 0.1) is 6.92 Å². The van der Waals surface area contributed by atoms with Crippen LogP contribution in [0.3, 0.4) is 0 Å². The van der Waals surface area contributed by atoms with Crippen molar-refractivity contribution < 1.29 is 22.7 Å². The lowest BCUT2D eigenvalue weighted by molar-refractivity contribution is -0.129. The van der Waals surface area contributed by atoms with E-state index in [1.54, 1.807) is 30.3 Å². The van der Waals surface area contributed by atoms with E-state index in [9.17, 15) is 18.0 Å². The summed E-state index contributed by atoms with van der Waals surface area (Å²) in [7, 11) is -3.67. The summed E-state index contributed by atoms with van der Waals surface area (Å²) < 4.78 is 31.7. The summed E-state index contributed by atoms with van der Waals surface area (Å²) in [5, 5.41) is 0. The second-order valence-corrected chi connectivity index (χ2v) is 7.38. The molecule has 0 saturated heterocycles. The number of sulfonamides is 1. The Morgan fingerprint density at radius 3 is 2.26 bits per heavy atom. The van der Waals surface area contributed by atoms with E-state index in [4.69, 9.17) is 4.74 Å². The van der Waals surface area contributed by atoms with Gasteiger partial charge in [0.2, 0.25) is 15.9 Å². The van der Waals surface area contributed by atoms with Crippen LogP contribution in [-0.4, -0.2) is 33.4 Å². The quantitative estimate of drug-likeness (QED) is 0.579. The monoisotopic (exact) mass is 391 g/mol. The van der Waals surface area contributed by atoms with Crippen LogP contribution in [0.25, 0.3) is 0 Å². The predicted molar refractivity (Wildman–Crippen MR) is 99.2 cm³/mol. The highest BCUT2D eigenvalue weighted by atomic mass is 32.2. The predicted octanol–water partition coefficient (Wildman–Crippen LogP) is 0.890. The van der Waals surface area contributed by atoms with E-state index in [-0.39, 0.29) is 24.5 Å². The summed E-state index contributed by atoms with van der Waals surface area (Å²) in [6, 6.07) is 15.1. The van der Waals surface area contributed by atoms with Crippen LogP contribution in [0.1, 0.15) is 12.0 Å². The molecule has 2 aromatic rings.